The average Bonchev–Trinajstić information content (AvgIpc) is 3.34. The van der Waals surface area contributed by atoms with Crippen molar-refractivity contribution < 1.29 is 27.1 Å². The summed E-state index contributed by atoms with van der Waals surface area (Å²) in [6, 6.07) is 6.38. The topological polar surface area (TPSA) is 130 Å². The summed E-state index contributed by atoms with van der Waals surface area (Å²) in [6.07, 6.45) is 1.45. The van der Waals surface area contributed by atoms with Gasteiger partial charge in [0.2, 0.25) is 11.8 Å². The normalized spacial score (nSPS) is 19.1. The molecule has 0 radical (unpaired) electrons. The van der Waals surface area contributed by atoms with E-state index in [0.29, 0.717) is 26.2 Å². The molecule has 1 aliphatic heterocycles. The van der Waals surface area contributed by atoms with Gasteiger partial charge >= 0.3 is 0 Å². The highest BCUT2D eigenvalue weighted by Gasteiger charge is 2.42. The number of hydrogen-bond acceptors (Lipinski definition) is 7. The molecule has 38 heavy (non-hydrogen) atoms. The van der Waals surface area contributed by atoms with Crippen LogP contribution in [0.4, 0.5) is 10.1 Å². The van der Waals surface area contributed by atoms with E-state index in [1.807, 2.05) is 0 Å². The molecule has 1 aromatic heterocycles. The molecule has 1 aliphatic rings. The number of rotatable bonds is 7. The summed E-state index contributed by atoms with van der Waals surface area (Å²) in [5.41, 5.74) is 0.888. The summed E-state index contributed by atoms with van der Waals surface area (Å²) in [4.78, 5) is 30.8. The van der Waals surface area contributed by atoms with Gasteiger partial charge in [0.15, 0.2) is 0 Å². The SMILES string of the molecule is COc1ccc(-c2ncc(CNC(=O)C3CC(C(=O)Nc4ccc(F)c(Cl)c4)N(C)S(=O)(=O)N3)s2)c(Cl)c1. The van der Waals surface area contributed by atoms with Crippen LogP contribution < -0.4 is 20.1 Å². The first-order chi connectivity index (χ1) is 18.0. The lowest BCUT2D eigenvalue weighted by molar-refractivity contribution is -0.124. The van der Waals surface area contributed by atoms with E-state index in [2.05, 4.69) is 20.3 Å². The van der Waals surface area contributed by atoms with Crippen LogP contribution in [0.25, 0.3) is 10.6 Å². The first kappa shape index (κ1) is 28.2. The van der Waals surface area contributed by atoms with Crippen LogP contribution in [0, 0.1) is 5.82 Å². The van der Waals surface area contributed by atoms with E-state index in [-0.39, 0.29) is 23.7 Å². The molecule has 2 heterocycles. The van der Waals surface area contributed by atoms with Gasteiger partial charge in [0.05, 0.1) is 23.7 Å². The highest BCUT2D eigenvalue weighted by molar-refractivity contribution is 7.87. The molecular formula is C23H22Cl2FN5O5S2. The third-order valence-electron chi connectivity index (χ3n) is 5.77. The maximum atomic E-state index is 13.4. The molecular weight excluding hydrogens is 580 g/mol. The van der Waals surface area contributed by atoms with Crippen LogP contribution in [0.15, 0.2) is 42.6 Å². The van der Waals surface area contributed by atoms with Crippen LogP contribution in [0.3, 0.4) is 0 Å². The van der Waals surface area contributed by atoms with Gasteiger partial charge in [0.1, 0.15) is 28.7 Å². The molecule has 2 amide bonds. The number of aromatic nitrogens is 1. The second kappa shape index (κ2) is 11.5. The molecule has 0 aliphatic carbocycles. The van der Waals surface area contributed by atoms with Gasteiger partial charge in [-0.05, 0) is 42.8 Å². The van der Waals surface area contributed by atoms with E-state index in [1.54, 1.807) is 24.4 Å². The number of nitrogens with one attached hydrogen (secondary N) is 3. The van der Waals surface area contributed by atoms with Crippen LogP contribution in [-0.2, 0) is 26.3 Å². The molecule has 2 unspecified atom stereocenters. The molecule has 202 valence electrons. The van der Waals surface area contributed by atoms with Crippen LogP contribution in [0.5, 0.6) is 5.75 Å². The molecule has 10 nitrogen and oxygen atoms in total. The molecule has 0 bridgehead atoms. The number of anilines is 1. The van der Waals surface area contributed by atoms with Gasteiger partial charge in [-0.2, -0.15) is 17.4 Å². The second-order valence-electron chi connectivity index (χ2n) is 8.26. The summed E-state index contributed by atoms with van der Waals surface area (Å²) >= 11 is 13.4. The van der Waals surface area contributed by atoms with E-state index < -0.39 is 39.9 Å². The number of carbonyl (C=O) groups is 2. The summed E-state index contributed by atoms with van der Waals surface area (Å²) in [5, 5.41) is 6.10. The lowest BCUT2D eigenvalue weighted by atomic mass is 10.1. The van der Waals surface area contributed by atoms with E-state index >= 15 is 0 Å². The van der Waals surface area contributed by atoms with Crippen molar-refractivity contribution in [3.63, 3.8) is 0 Å². The fourth-order valence-corrected chi connectivity index (χ4v) is 6.32. The van der Waals surface area contributed by atoms with Crippen molar-refractivity contribution >= 4 is 62.2 Å². The Morgan fingerprint density at radius 2 is 1.97 bits per heavy atom. The Kier molecular flexibility index (Phi) is 8.55. The third-order valence-corrected chi connectivity index (χ3v) is 9.00. The highest BCUT2D eigenvalue weighted by atomic mass is 35.5. The van der Waals surface area contributed by atoms with Gasteiger partial charge in [-0.15, -0.1) is 11.3 Å². The molecule has 3 N–H and O–H groups in total. The van der Waals surface area contributed by atoms with Crippen LogP contribution in [0.2, 0.25) is 10.0 Å². The number of hydrogen-bond donors (Lipinski definition) is 3. The van der Waals surface area contributed by atoms with Gasteiger partial charge < -0.3 is 15.4 Å². The van der Waals surface area contributed by atoms with Gasteiger partial charge in [-0.1, -0.05) is 23.2 Å². The van der Waals surface area contributed by atoms with Gasteiger partial charge in [-0.3, -0.25) is 9.59 Å². The first-order valence-electron chi connectivity index (χ1n) is 11.1. The fourth-order valence-electron chi connectivity index (χ4n) is 3.69. The van der Waals surface area contributed by atoms with E-state index in [0.717, 1.165) is 10.4 Å². The molecule has 4 rings (SSSR count). The summed E-state index contributed by atoms with van der Waals surface area (Å²) in [7, 11) is -1.38. The monoisotopic (exact) mass is 601 g/mol. The van der Waals surface area contributed by atoms with Crippen molar-refractivity contribution in [2.24, 2.45) is 0 Å². The van der Waals surface area contributed by atoms with E-state index in [9.17, 15) is 22.4 Å². The zero-order valence-corrected chi connectivity index (χ0v) is 23.1. The number of halogens is 3. The Balaban J connectivity index is 1.42. The lowest BCUT2D eigenvalue weighted by Gasteiger charge is -2.35. The van der Waals surface area contributed by atoms with Crippen LogP contribution in [-0.4, -0.2) is 55.8 Å². The maximum Gasteiger partial charge on any atom is 0.280 e. The molecule has 2 aromatic carbocycles. The zero-order valence-electron chi connectivity index (χ0n) is 20.0. The summed E-state index contributed by atoms with van der Waals surface area (Å²) in [6.45, 7) is 0.0866. The number of nitrogens with zero attached hydrogens (tertiary/aromatic N) is 2. The Bertz CT molecular complexity index is 1490. The molecule has 2 atom stereocenters. The standard InChI is InChI=1S/C23H22Cl2FN5O5S2/c1-31-20(22(33)29-12-3-6-18(26)17(25)7-12)9-19(30-38(31,34)35)21(32)27-10-14-11-28-23(37-14)15-5-4-13(36-2)8-16(15)24/h3-8,11,19-20,30H,9-10H2,1-2H3,(H,27,32)(H,29,33). The summed E-state index contributed by atoms with van der Waals surface area (Å²) in [5.74, 6) is -1.36. The number of thiazole rings is 1. The average molecular weight is 602 g/mol. The second-order valence-corrected chi connectivity index (χ2v) is 11.9. The van der Waals surface area contributed by atoms with E-state index in [1.165, 1.54) is 37.6 Å². The fraction of sp³-hybridized carbons (Fsp3) is 0.261. The van der Waals surface area contributed by atoms with Crippen molar-refractivity contribution in [3.05, 3.63) is 63.3 Å². The molecule has 1 fully saturated rings. The highest BCUT2D eigenvalue weighted by Crippen LogP contribution is 2.33. The number of benzene rings is 2. The third kappa shape index (κ3) is 6.25. The number of amides is 2. The minimum absolute atomic E-state index is 0.0866. The number of methoxy groups -OCH3 is 1. The van der Waals surface area contributed by atoms with Crippen LogP contribution >= 0.6 is 34.5 Å². The Hall–Kier alpha value is -2.81. The predicted molar refractivity (Wildman–Crippen MR) is 143 cm³/mol. The zero-order chi connectivity index (χ0) is 27.6. The largest absolute Gasteiger partial charge is 0.497 e. The van der Waals surface area contributed by atoms with Crippen LogP contribution in [0.1, 0.15) is 11.3 Å². The van der Waals surface area contributed by atoms with E-state index in [4.69, 9.17) is 27.9 Å². The maximum absolute atomic E-state index is 13.4. The molecule has 15 heteroatoms. The van der Waals surface area contributed by atoms with Crippen molar-refractivity contribution in [2.75, 3.05) is 19.5 Å². The predicted octanol–water partition coefficient (Wildman–Crippen LogP) is 3.43. The number of ether oxygens (including phenoxy) is 1. The number of likely N-dealkylation sites (N-methyl/N-ethyl adjacent to an activating group) is 1. The molecule has 1 saturated heterocycles. The minimum Gasteiger partial charge on any atom is -0.497 e. The van der Waals surface area contributed by atoms with Gasteiger partial charge in [-0.25, -0.2) is 9.37 Å². The first-order valence-corrected chi connectivity index (χ1v) is 14.1. The molecule has 3 aromatic rings. The Morgan fingerprint density at radius 1 is 1.21 bits per heavy atom. The van der Waals surface area contributed by atoms with Crippen molar-refractivity contribution in [1.29, 1.82) is 0 Å². The Morgan fingerprint density at radius 3 is 2.66 bits per heavy atom. The van der Waals surface area contributed by atoms with Gasteiger partial charge in [0.25, 0.3) is 10.2 Å². The smallest absolute Gasteiger partial charge is 0.280 e. The Labute approximate surface area is 232 Å². The van der Waals surface area contributed by atoms with Crippen molar-refractivity contribution in [1.82, 2.24) is 19.3 Å². The minimum atomic E-state index is -4.14. The summed E-state index contributed by atoms with van der Waals surface area (Å²) < 4.78 is 47.0. The van der Waals surface area contributed by atoms with Crippen molar-refractivity contribution in [3.8, 4) is 16.3 Å². The van der Waals surface area contributed by atoms with Gasteiger partial charge in [0, 0.05) is 29.4 Å². The quantitative estimate of drug-likeness (QED) is 0.380. The van der Waals surface area contributed by atoms with Crippen molar-refractivity contribution in [2.45, 2.75) is 25.0 Å². The molecule has 0 saturated carbocycles. The lowest BCUT2D eigenvalue weighted by Crippen LogP contribution is -2.62. The number of carbonyl (C=O) groups excluding carboxylic acids is 2. The molecule has 0 spiro atoms.